The number of benzene rings is 2. The third-order valence-electron chi connectivity index (χ3n) is 5.00. The highest BCUT2D eigenvalue weighted by Crippen LogP contribution is 2.27. The molecule has 1 heterocycles. The minimum atomic E-state index is -3.53. The fourth-order valence-corrected chi connectivity index (χ4v) is 4.78. The maximum absolute atomic E-state index is 12.7. The largest absolute Gasteiger partial charge is 0.339 e. The van der Waals surface area contributed by atoms with Crippen molar-refractivity contribution in [3.8, 4) is 11.4 Å². The van der Waals surface area contributed by atoms with Crippen LogP contribution in [0.15, 0.2) is 51.9 Å². The van der Waals surface area contributed by atoms with Gasteiger partial charge in [0.15, 0.2) is 9.84 Å². The van der Waals surface area contributed by atoms with Crippen LogP contribution in [0.25, 0.3) is 11.4 Å². The molecule has 0 saturated heterocycles. The van der Waals surface area contributed by atoms with E-state index in [1.807, 2.05) is 6.07 Å². The normalized spacial score (nSPS) is 13.3. The van der Waals surface area contributed by atoms with E-state index in [4.69, 9.17) is 4.52 Å². The molecule has 7 nitrogen and oxygen atoms in total. The van der Waals surface area contributed by atoms with Gasteiger partial charge in [-0.1, -0.05) is 23.4 Å². The van der Waals surface area contributed by atoms with Crippen LogP contribution < -0.4 is 5.32 Å². The van der Waals surface area contributed by atoms with Crippen molar-refractivity contribution >= 4 is 21.4 Å². The van der Waals surface area contributed by atoms with Gasteiger partial charge in [-0.15, -0.1) is 0 Å². The van der Waals surface area contributed by atoms with E-state index in [0.717, 1.165) is 24.8 Å². The van der Waals surface area contributed by atoms with Gasteiger partial charge in [-0.05, 0) is 54.7 Å². The molecule has 29 heavy (non-hydrogen) atoms. The third kappa shape index (κ3) is 4.22. The number of nitrogens with zero attached hydrogens (tertiary/aromatic N) is 2. The molecule has 0 fully saturated rings. The number of para-hydroxylation sites is 1. The number of aromatic nitrogens is 2. The molecule has 4 rings (SSSR count). The van der Waals surface area contributed by atoms with Gasteiger partial charge in [0.05, 0.1) is 16.3 Å². The highest BCUT2D eigenvalue weighted by molar-refractivity contribution is 7.91. The zero-order valence-corrected chi connectivity index (χ0v) is 16.8. The summed E-state index contributed by atoms with van der Waals surface area (Å²) in [6.45, 7) is 1.68. The Balaban J connectivity index is 1.44. The van der Waals surface area contributed by atoms with E-state index in [9.17, 15) is 13.2 Å². The molecule has 3 aromatic rings. The predicted octanol–water partition coefficient (Wildman–Crippen LogP) is 3.34. The van der Waals surface area contributed by atoms with Crippen LogP contribution in [0.2, 0.25) is 0 Å². The molecule has 1 N–H and O–H groups in total. The highest BCUT2D eigenvalue weighted by atomic mass is 32.2. The van der Waals surface area contributed by atoms with Gasteiger partial charge in [-0.3, -0.25) is 4.79 Å². The zero-order valence-electron chi connectivity index (χ0n) is 16.0. The molecule has 8 heteroatoms. The smallest absolute Gasteiger partial charge is 0.225 e. The second kappa shape index (κ2) is 7.79. The summed E-state index contributed by atoms with van der Waals surface area (Å²) in [5, 5.41) is 6.63. The van der Waals surface area contributed by atoms with E-state index < -0.39 is 9.84 Å². The first-order valence-electron chi connectivity index (χ1n) is 9.46. The Labute approximate surface area is 169 Å². The lowest BCUT2D eigenvalue weighted by Gasteiger charge is -2.10. The molecule has 0 spiro atoms. The second-order valence-electron chi connectivity index (χ2n) is 7.08. The molecule has 1 aromatic heterocycles. The summed E-state index contributed by atoms with van der Waals surface area (Å²) in [4.78, 5) is 16.9. The van der Waals surface area contributed by atoms with E-state index in [2.05, 4.69) is 15.5 Å². The molecule has 0 aliphatic heterocycles. The highest BCUT2D eigenvalue weighted by Gasteiger charge is 2.20. The number of hydrogen-bond donors (Lipinski definition) is 1. The van der Waals surface area contributed by atoms with Gasteiger partial charge in [0.1, 0.15) is 0 Å². The molecule has 2 aromatic carbocycles. The SMILES string of the molecule is Cc1nc(-c2ccccc2NC(=O)CCS(=O)(=O)c2ccc3c(c2)CCC3)no1. The molecule has 1 amide bonds. The van der Waals surface area contributed by atoms with Crippen molar-refractivity contribution in [3.63, 3.8) is 0 Å². The average molecular weight is 411 g/mol. The summed E-state index contributed by atoms with van der Waals surface area (Å²) in [6.07, 6.45) is 2.82. The molecule has 0 bridgehead atoms. The van der Waals surface area contributed by atoms with Crippen LogP contribution in [-0.2, 0) is 27.5 Å². The van der Waals surface area contributed by atoms with Gasteiger partial charge >= 0.3 is 0 Å². The van der Waals surface area contributed by atoms with Crippen LogP contribution in [0.1, 0.15) is 29.9 Å². The molecule has 1 aliphatic rings. The summed E-state index contributed by atoms with van der Waals surface area (Å²) < 4.78 is 30.3. The number of carbonyl (C=O) groups is 1. The van der Waals surface area contributed by atoms with Crippen LogP contribution in [0, 0.1) is 6.92 Å². The van der Waals surface area contributed by atoms with Crippen LogP contribution in [0.4, 0.5) is 5.69 Å². The maximum Gasteiger partial charge on any atom is 0.225 e. The first-order valence-corrected chi connectivity index (χ1v) is 11.1. The quantitative estimate of drug-likeness (QED) is 0.667. The van der Waals surface area contributed by atoms with Crippen molar-refractivity contribution in [1.82, 2.24) is 10.1 Å². The molecule has 1 aliphatic carbocycles. The molecule has 0 unspecified atom stereocenters. The van der Waals surface area contributed by atoms with E-state index in [0.29, 0.717) is 23.0 Å². The van der Waals surface area contributed by atoms with Gasteiger partial charge in [-0.25, -0.2) is 8.42 Å². The number of sulfone groups is 1. The van der Waals surface area contributed by atoms with Crippen LogP contribution in [0.5, 0.6) is 0 Å². The molecular formula is C21H21N3O4S. The Morgan fingerprint density at radius 2 is 1.93 bits per heavy atom. The van der Waals surface area contributed by atoms with E-state index in [1.54, 1.807) is 43.3 Å². The number of anilines is 1. The summed E-state index contributed by atoms with van der Waals surface area (Å²) in [5.41, 5.74) is 3.43. The predicted molar refractivity (Wildman–Crippen MR) is 108 cm³/mol. The Morgan fingerprint density at radius 1 is 1.14 bits per heavy atom. The molecule has 0 saturated carbocycles. The first-order chi connectivity index (χ1) is 13.9. The van der Waals surface area contributed by atoms with E-state index >= 15 is 0 Å². The number of nitrogens with one attached hydrogen (secondary N) is 1. The fraction of sp³-hybridized carbons (Fsp3) is 0.286. The standard InChI is InChI=1S/C21H21N3O4S/c1-14-22-21(24-28-14)18-7-2-3-8-19(18)23-20(25)11-12-29(26,27)17-10-9-15-5-4-6-16(15)13-17/h2-3,7-10,13H,4-6,11-12H2,1H3,(H,23,25). The lowest BCUT2D eigenvalue weighted by atomic mass is 10.1. The topological polar surface area (TPSA) is 102 Å². The van der Waals surface area contributed by atoms with E-state index in [-0.39, 0.29) is 23.0 Å². The Bertz CT molecular complexity index is 1170. The lowest BCUT2D eigenvalue weighted by molar-refractivity contribution is -0.115. The molecule has 150 valence electrons. The van der Waals surface area contributed by atoms with E-state index in [1.165, 1.54) is 5.56 Å². The van der Waals surface area contributed by atoms with Crippen molar-refractivity contribution in [2.24, 2.45) is 0 Å². The molecule has 0 radical (unpaired) electrons. The first kappa shape index (κ1) is 19.3. The van der Waals surface area contributed by atoms with Gasteiger partial charge in [0.25, 0.3) is 0 Å². The monoisotopic (exact) mass is 411 g/mol. The van der Waals surface area contributed by atoms with Gasteiger partial charge in [0, 0.05) is 18.9 Å². The number of carbonyl (C=O) groups excluding carboxylic acids is 1. The lowest BCUT2D eigenvalue weighted by Crippen LogP contribution is -2.18. The van der Waals surface area contributed by atoms with Crippen molar-refractivity contribution in [1.29, 1.82) is 0 Å². The third-order valence-corrected chi connectivity index (χ3v) is 6.71. The summed E-state index contributed by atoms with van der Waals surface area (Å²) in [7, 11) is -3.53. The second-order valence-corrected chi connectivity index (χ2v) is 9.19. The fourth-order valence-electron chi connectivity index (χ4n) is 3.50. The molecular weight excluding hydrogens is 390 g/mol. The summed E-state index contributed by atoms with van der Waals surface area (Å²) in [6, 6.07) is 12.3. The number of amides is 1. The summed E-state index contributed by atoms with van der Waals surface area (Å²) in [5.74, 6) is 0.148. The average Bonchev–Trinajstić information content (AvgIpc) is 3.35. The Kier molecular flexibility index (Phi) is 5.19. The van der Waals surface area contributed by atoms with Crippen LogP contribution in [0.3, 0.4) is 0 Å². The van der Waals surface area contributed by atoms with Crippen LogP contribution >= 0.6 is 0 Å². The number of hydrogen-bond acceptors (Lipinski definition) is 6. The van der Waals surface area contributed by atoms with Crippen molar-refractivity contribution in [2.75, 3.05) is 11.1 Å². The van der Waals surface area contributed by atoms with Crippen molar-refractivity contribution < 1.29 is 17.7 Å². The minimum absolute atomic E-state index is 0.140. The summed E-state index contributed by atoms with van der Waals surface area (Å²) >= 11 is 0. The van der Waals surface area contributed by atoms with Gasteiger partial charge < -0.3 is 9.84 Å². The van der Waals surface area contributed by atoms with Crippen LogP contribution in [-0.4, -0.2) is 30.2 Å². The van der Waals surface area contributed by atoms with Crippen molar-refractivity contribution in [3.05, 3.63) is 59.5 Å². The minimum Gasteiger partial charge on any atom is -0.339 e. The maximum atomic E-state index is 12.7. The zero-order chi connectivity index (χ0) is 20.4. The molecule has 0 atom stereocenters. The Hall–Kier alpha value is -3.00. The Morgan fingerprint density at radius 3 is 2.72 bits per heavy atom. The number of aryl methyl sites for hydroxylation is 3. The van der Waals surface area contributed by atoms with Gasteiger partial charge in [-0.2, -0.15) is 4.98 Å². The number of rotatable bonds is 6. The number of fused-ring (bicyclic) bond motifs is 1. The van der Waals surface area contributed by atoms with Gasteiger partial charge in [0.2, 0.25) is 17.6 Å². The van der Waals surface area contributed by atoms with Crippen molar-refractivity contribution in [2.45, 2.75) is 37.5 Å².